The number of aliphatic carboxylic acids is 1. The van der Waals surface area contributed by atoms with Gasteiger partial charge in [-0.25, -0.2) is 9.59 Å². The first kappa shape index (κ1) is 27.5. The number of nitrogens with zero attached hydrogens (tertiary/aromatic N) is 1. The number of carbonyl (C=O) groups excluding carboxylic acids is 1. The highest BCUT2D eigenvalue weighted by molar-refractivity contribution is 7.99. The summed E-state index contributed by atoms with van der Waals surface area (Å²) in [5.41, 5.74) is 0.853. The minimum atomic E-state index is -0.974. The van der Waals surface area contributed by atoms with Crippen LogP contribution in [0.1, 0.15) is 32.8 Å². The molecule has 1 unspecified atom stereocenters. The fourth-order valence-electron chi connectivity index (χ4n) is 3.16. The summed E-state index contributed by atoms with van der Waals surface area (Å²) < 4.78 is 16.5. The van der Waals surface area contributed by atoms with Crippen molar-refractivity contribution in [2.24, 2.45) is 0 Å². The van der Waals surface area contributed by atoms with Crippen LogP contribution in [0, 0.1) is 0 Å². The van der Waals surface area contributed by atoms with Crippen LogP contribution >= 0.6 is 11.8 Å². The lowest BCUT2D eigenvalue weighted by atomic mass is 10.1. The van der Waals surface area contributed by atoms with Crippen molar-refractivity contribution in [3.63, 3.8) is 0 Å². The molecule has 1 N–H and O–H groups in total. The number of carboxylic acids is 1. The van der Waals surface area contributed by atoms with Crippen LogP contribution in [0.4, 0.5) is 4.79 Å². The van der Waals surface area contributed by atoms with E-state index in [1.807, 2.05) is 44.2 Å². The van der Waals surface area contributed by atoms with Gasteiger partial charge in [0.2, 0.25) is 0 Å². The van der Waals surface area contributed by atoms with Gasteiger partial charge in [-0.2, -0.15) is 0 Å². The largest absolute Gasteiger partial charge is 0.492 e. The Labute approximate surface area is 206 Å². The second-order valence-electron chi connectivity index (χ2n) is 7.91. The summed E-state index contributed by atoms with van der Waals surface area (Å²) in [5, 5.41) is 9.23. The fourth-order valence-corrected chi connectivity index (χ4v) is 4.02. The normalized spacial score (nSPS) is 11.8. The smallest absolute Gasteiger partial charge is 0.410 e. The van der Waals surface area contributed by atoms with E-state index < -0.39 is 12.1 Å². The maximum Gasteiger partial charge on any atom is 0.410 e. The van der Waals surface area contributed by atoms with Crippen LogP contribution in [-0.4, -0.2) is 66.3 Å². The monoisotopic (exact) mass is 489 g/mol. The average Bonchev–Trinajstić information content (AvgIpc) is 2.81. The van der Waals surface area contributed by atoms with Crippen molar-refractivity contribution in [2.45, 2.75) is 50.7 Å². The molecular formula is C26H35NO6S. The highest BCUT2D eigenvalue weighted by Gasteiger charge is 2.18. The van der Waals surface area contributed by atoms with Crippen molar-refractivity contribution in [3.05, 3.63) is 60.2 Å². The number of rotatable bonds is 15. The summed E-state index contributed by atoms with van der Waals surface area (Å²) in [5.74, 6) is 0.582. The first-order valence-electron chi connectivity index (χ1n) is 11.6. The predicted molar refractivity (Wildman–Crippen MR) is 134 cm³/mol. The summed E-state index contributed by atoms with van der Waals surface area (Å²) in [6.07, 6.45) is -0.259. The topological polar surface area (TPSA) is 85.3 Å². The summed E-state index contributed by atoms with van der Waals surface area (Å²) >= 11 is 1.76. The van der Waals surface area contributed by atoms with Crippen LogP contribution in [0.3, 0.4) is 0 Å². The molecule has 0 aromatic heterocycles. The molecule has 7 nitrogen and oxygen atoms in total. The van der Waals surface area contributed by atoms with Gasteiger partial charge in [0.15, 0.2) is 6.10 Å². The first-order chi connectivity index (χ1) is 16.4. The molecule has 8 heteroatoms. The van der Waals surface area contributed by atoms with Gasteiger partial charge in [-0.3, -0.25) is 0 Å². The number of amides is 1. The zero-order valence-electron chi connectivity index (χ0n) is 20.1. The van der Waals surface area contributed by atoms with Crippen LogP contribution < -0.4 is 4.74 Å². The molecule has 0 bridgehead atoms. The second kappa shape index (κ2) is 15.2. The third-order valence-electron chi connectivity index (χ3n) is 4.80. The molecule has 0 radical (unpaired) electrons. The van der Waals surface area contributed by atoms with Crippen molar-refractivity contribution in [1.29, 1.82) is 0 Å². The number of hydrogen-bond acceptors (Lipinski definition) is 6. The maximum atomic E-state index is 12.5. The Morgan fingerprint density at radius 3 is 2.35 bits per heavy atom. The molecule has 0 aliphatic heterocycles. The van der Waals surface area contributed by atoms with E-state index in [1.165, 1.54) is 4.90 Å². The van der Waals surface area contributed by atoms with E-state index in [0.29, 0.717) is 38.5 Å². The average molecular weight is 490 g/mol. The van der Waals surface area contributed by atoms with E-state index in [9.17, 15) is 14.7 Å². The van der Waals surface area contributed by atoms with Gasteiger partial charge in [-0.05, 0) is 62.8 Å². The molecule has 0 spiro atoms. The first-order valence-corrected chi connectivity index (χ1v) is 12.6. The van der Waals surface area contributed by atoms with Gasteiger partial charge in [-0.15, -0.1) is 11.8 Å². The molecule has 0 heterocycles. The van der Waals surface area contributed by atoms with Gasteiger partial charge in [0.1, 0.15) is 12.4 Å². The number of ether oxygens (including phenoxy) is 3. The van der Waals surface area contributed by atoms with Gasteiger partial charge in [0, 0.05) is 24.5 Å². The molecule has 34 heavy (non-hydrogen) atoms. The van der Waals surface area contributed by atoms with Gasteiger partial charge in [-0.1, -0.05) is 30.3 Å². The lowest BCUT2D eigenvalue weighted by molar-refractivity contribution is -0.149. The molecular weight excluding hydrogens is 454 g/mol. The number of hydrogen-bond donors (Lipinski definition) is 1. The maximum absolute atomic E-state index is 12.5. The lowest BCUT2D eigenvalue weighted by Gasteiger charge is -2.23. The summed E-state index contributed by atoms with van der Waals surface area (Å²) in [7, 11) is 0. The molecule has 0 fully saturated rings. The van der Waals surface area contributed by atoms with E-state index in [-0.39, 0.29) is 12.2 Å². The van der Waals surface area contributed by atoms with Crippen LogP contribution in [0.25, 0.3) is 0 Å². The van der Waals surface area contributed by atoms with Crippen LogP contribution in [0.2, 0.25) is 0 Å². The SMILES string of the molecule is CCOC(Cc1ccc(OCCN(CCCSc2ccccc2)C(=O)OC(C)C)cc1)C(=O)O. The van der Waals surface area contributed by atoms with Crippen molar-refractivity contribution in [1.82, 2.24) is 4.90 Å². The van der Waals surface area contributed by atoms with Gasteiger partial charge in [0.25, 0.3) is 0 Å². The number of carbonyl (C=O) groups is 2. The molecule has 186 valence electrons. The van der Waals surface area contributed by atoms with Crippen molar-refractivity contribution < 1.29 is 28.9 Å². The minimum Gasteiger partial charge on any atom is -0.492 e. The van der Waals surface area contributed by atoms with Crippen molar-refractivity contribution >= 4 is 23.8 Å². The zero-order chi connectivity index (χ0) is 24.8. The van der Waals surface area contributed by atoms with Gasteiger partial charge in [0.05, 0.1) is 12.6 Å². The summed E-state index contributed by atoms with van der Waals surface area (Å²) in [4.78, 5) is 26.6. The number of benzene rings is 2. The molecule has 2 aromatic rings. The van der Waals surface area contributed by atoms with E-state index in [1.54, 1.807) is 35.7 Å². The summed E-state index contributed by atoms with van der Waals surface area (Å²) in [6, 6.07) is 17.4. The van der Waals surface area contributed by atoms with Crippen molar-refractivity contribution in [3.8, 4) is 5.75 Å². The Kier molecular flexibility index (Phi) is 12.3. The van der Waals surface area contributed by atoms with Crippen LogP contribution in [-0.2, 0) is 20.7 Å². The number of carboxylic acid groups (broad SMARTS) is 1. The molecule has 0 saturated carbocycles. The van der Waals surface area contributed by atoms with Crippen LogP contribution in [0.5, 0.6) is 5.75 Å². The highest BCUT2D eigenvalue weighted by Crippen LogP contribution is 2.18. The Morgan fingerprint density at radius 1 is 1.03 bits per heavy atom. The third kappa shape index (κ3) is 10.5. The molecule has 2 rings (SSSR count). The highest BCUT2D eigenvalue weighted by atomic mass is 32.2. The Bertz CT molecular complexity index is 859. The predicted octanol–water partition coefficient (Wildman–Crippen LogP) is 5.13. The second-order valence-corrected chi connectivity index (χ2v) is 9.08. The standard InChI is InChI=1S/C26H35NO6S/c1-4-31-24(25(28)29)19-21-11-13-22(14-12-21)32-17-16-27(26(30)33-20(2)3)15-8-18-34-23-9-6-5-7-10-23/h5-7,9-14,20,24H,4,8,15-19H2,1-3H3,(H,28,29). The lowest BCUT2D eigenvalue weighted by Crippen LogP contribution is -2.37. The van der Waals surface area contributed by atoms with Crippen LogP contribution in [0.15, 0.2) is 59.5 Å². The molecule has 0 aliphatic carbocycles. The molecule has 2 aromatic carbocycles. The summed E-state index contributed by atoms with van der Waals surface area (Å²) in [6.45, 7) is 7.11. The van der Waals surface area contributed by atoms with E-state index in [2.05, 4.69) is 12.1 Å². The third-order valence-corrected chi connectivity index (χ3v) is 5.89. The van der Waals surface area contributed by atoms with Gasteiger partial charge >= 0.3 is 12.1 Å². The quantitative estimate of drug-likeness (QED) is 0.274. The fraction of sp³-hybridized carbons (Fsp3) is 0.462. The number of thioether (sulfide) groups is 1. The van der Waals surface area contributed by atoms with E-state index in [4.69, 9.17) is 14.2 Å². The Hall–Kier alpha value is -2.71. The molecule has 1 atom stereocenters. The molecule has 1 amide bonds. The Morgan fingerprint density at radius 2 is 1.74 bits per heavy atom. The van der Waals surface area contributed by atoms with Crippen molar-refractivity contribution in [2.75, 3.05) is 32.1 Å². The molecule has 0 aliphatic rings. The minimum absolute atomic E-state index is 0.187. The van der Waals surface area contributed by atoms with E-state index >= 15 is 0 Å². The van der Waals surface area contributed by atoms with E-state index in [0.717, 1.165) is 17.7 Å². The Balaban J connectivity index is 1.82. The molecule has 0 saturated heterocycles. The van der Waals surface area contributed by atoms with Gasteiger partial charge < -0.3 is 24.2 Å². The zero-order valence-corrected chi connectivity index (χ0v) is 21.0.